The minimum absolute atomic E-state index is 0.703. The number of halogens is 1. The minimum Gasteiger partial charge on any atom is -0.495 e. The fourth-order valence-corrected chi connectivity index (χ4v) is 2.51. The van der Waals surface area contributed by atoms with E-state index in [2.05, 4.69) is 26.9 Å². The first-order valence-corrected chi connectivity index (χ1v) is 6.08. The van der Waals surface area contributed by atoms with Crippen LogP contribution in [0.3, 0.4) is 0 Å². The molecule has 0 aliphatic carbocycles. The fraction of sp³-hybridized carbons (Fsp3) is 0.417. The number of anilines is 1. The van der Waals surface area contributed by atoms with Crippen LogP contribution < -0.4 is 9.64 Å². The van der Waals surface area contributed by atoms with Crippen molar-refractivity contribution in [3.63, 3.8) is 0 Å². The topological polar surface area (TPSA) is 36.3 Å². The highest BCUT2D eigenvalue weighted by atomic mass is 79.9. The molecular weight excluding hydrogens is 268 g/mol. The van der Waals surface area contributed by atoms with Gasteiger partial charge < -0.3 is 9.64 Å². The molecule has 2 rings (SSSR count). The van der Waals surface area contributed by atoms with Gasteiger partial charge >= 0.3 is 0 Å². The van der Waals surface area contributed by atoms with E-state index < -0.39 is 0 Å². The third-order valence-corrected chi connectivity index (χ3v) is 3.46. The first-order chi connectivity index (χ1) is 7.76. The van der Waals surface area contributed by atoms with Crippen molar-refractivity contribution >= 4 is 21.6 Å². The van der Waals surface area contributed by atoms with Crippen molar-refractivity contribution in [1.82, 2.24) is 0 Å². The summed E-state index contributed by atoms with van der Waals surface area (Å²) in [6.07, 6.45) is 2.40. The number of nitriles is 1. The zero-order valence-electron chi connectivity index (χ0n) is 9.16. The molecule has 0 bridgehead atoms. The lowest BCUT2D eigenvalue weighted by molar-refractivity contribution is 0.412. The number of hydrogen-bond acceptors (Lipinski definition) is 3. The molecule has 0 atom stereocenters. The number of hydrogen-bond donors (Lipinski definition) is 0. The highest BCUT2D eigenvalue weighted by Gasteiger charge is 2.18. The summed E-state index contributed by atoms with van der Waals surface area (Å²) in [5.41, 5.74) is 1.69. The second kappa shape index (κ2) is 4.75. The van der Waals surface area contributed by atoms with E-state index in [1.54, 1.807) is 7.11 Å². The number of benzene rings is 1. The summed E-state index contributed by atoms with van der Waals surface area (Å²) in [5, 5.41) is 9.13. The third kappa shape index (κ3) is 2.00. The molecule has 0 unspecified atom stereocenters. The molecule has 0 amide bonds. The maximum Gasteiger partial charge on any atom is 0.135 e. The van der Waals surface area contributed by atoms with Crippen LogP contribution in [-0.4, -0.2) is 20.2 Å². The molecule has 1 aliphatic heterocycles. The van der Waals surface area contributed by atoms with Crippen molar-refractivity contribution in [3.8, 4) is 11.8 Å². The van der Waals surface area contributed by atoms with E-state index in [1.165, 1.54) is 12.8 Å². The van der Waals surface area contributed by atoms with Gasteiger partial charge in [0.15, 0.2) is 0 Å². The summed E-state index contributed by atoms with van der Waals surface area (Å²) in [7, 11) is 1.64. The van der Waals surface area contributed by atoms with Crippen LogP contribution in [0.25, 0.3) is 0 Å². The summed E-state index contributed by atoms with van der Waals surface area (Å²) >= 11 is 3.40. The average Bonchev–Trinajstić information content (AvgIpc) is 2.82. The Morgan fingerprint density at radius 3 is 2.62 bits per heavy atom. The first-order valence-electron chi connectivity index (χ1n) is 5.29. The lowest BCUT2D eigenvalue weighted by Gasteiger charge is -2.20. The van der Waals surface area contributed by atoms with Gasteiger partial charge in [-0.1, -0.05) is 0 Å². The maximum absolute atomic E-state index is 9.13. The Morgan fingerprint density at radius 2 is 2.06 bits per heavy atom. The molecule has 1 aromatic carbocycles. The van der Waals surface area contributed by atoms with Gasteiger partial charge in [0.1, 0.15) is 11.8 Å². The second-order valence-electron chi connectivity index (χ2n) is 3.81. The van der Waals surface area contributed by atoms with Crippen LogP contribution in [0, 0.1) is 11.3 Å². The van der Waals surface area contributed by atoms with Crippen LogP contribution in [-0.2, 0) is 0 Å². The van der Waals surface area contributed by atoms with E-state index in [0.717, 1.165) is 29.0 Å². The molecule has 0 N–H and O–H groups in total. The van der Waals surface area contributed by atoms with Crippen molar-refractivity contribution in [2.45, 2.75) is 12.8 Å². The Balaban J connectivity index is 2.45. The van der Waals surface area contributed by atoms with Crippen LogP contribution in [0.1, 0.15) is 18.4 Å². The Bertz CT molecular complexity index is 433. The number of ether oxygens (including phenoxy) is 1. The molecule has 16 heavy (non-hydrogen) atoms. The number of methoxy groups -OCH3 is 1. The van der Waals surface area contributed by atoms with Gasteiger partial charge in [0, 0.05) is 19.2 Å². The van der Waals surface area contributed by atoms with E-state index in [4.69, 9.17) is 10.00 Å². The lowest BCUT2D eigenvalue weighted by atomic mass is 10.1. The Hall–Kier alpha value is -1.21. The summed E-state index contributed by atoms with van der Waals surface area (Å²) in [6.45, 7) is 2.05. The van der Waals surface area contributed by atoms with Crippen molar-refractivity contribution in [1.29, 1.82) is 5.26 Å². The van der Waals surface area contributed by atoms with Crippen molar-refractivity contribution in [3.05, 3.63) is 22.2 Å². The Labute approximate surface area is 104 Å². The Kier molecular flexibility index (Phi) is 3.35. The molecule has 1 aromatic rings. The van der Waals surface area contributed by atoms with E-state index in [9.17, 15) is 0 Å². The van der Waals surface area contributed by atoms with Gasteiger partial charge in [-0.25, -0.2) is 0 Å². The highest BCUT2D eigenvalue weighted by Crippen LogP contribution is 2.34. The highest BCUT2D eigenvalue weighted by molar-refractivity contribution is 9.10. The monoisotopic (exact) mass is 280 g/mol. The molecule has 0 aromatic heterocycles. The summed E-state index contributed by atoms with van der Waals surface area (Å²) in [5.74, 6) is 0.779. The fourth-order valence-electron chi connectivity index (χ4n) is 2.01. The molecule has 1 aliphatic rings. The van der Waals surface area contributed by atoms with Crippen molar-refractivity contribution in [2.24, 2.45) is 0 Å². The standard InChI is InChI=1S/C12H13BrN2O/c1-16-12-7-11(15-4-2-3-5-15)9(8-14)6-10(12)13/h6-7H,2-5H2,1H3. The van der Waals surface area contributed by atoms with Crippen LogP contribution >= 0.6 is 15.9 Å². The lowest BCUT2D eigenvalue weighted by Crippen LogP contribution is -2.18. The predicted molar refractivity (Wildman–Crippen MR) is 66.9 cm³/mol. The SMILES string of the molecule is COc1cc(N2CCCC2)c(C#N)cc1Br. The second-order valence-corrected chi connectivity index (χ2v) is 4.66. The molecule has 84 valence electrons. The quantitative estimate of drug-likeness (QED) is 0.836. The van der Waals surface area contributed by atoms with E-state index in [1.807, 2.05) is 12.1 Å². The van der Waals surface area contributed by atoms with Gasteiger partial charge in [-0.05, 0) is 34.8 Å². The van der Waals surface area contributed by atoms with Crippen LogP contribution in [0.4, 0.5) is 5.69 Å². The van der Waals surface area contributed by atoms with Gasteiger partial charge in [0.2, 0.25) is 0 Å². The third-order valence-electron chi connectivity index (χ3n) is 2.84. The molecule has 3 nitrogen and oxygen atoms in total. The van der Waals surface area contributed by atoms with E-state index in [0.29, 0.717) is 5.56 Å². The number of rotatable bonds is 2. The minimum atomic E-state index is 0.703. The van der Waals surface area contributed by atoms with E-state index >= 15 is 0 Å². The van der Waals surface area contributed by atoms with Crippen LogP contribution in [0.5, 0.6) is 5.75 Å². The maximum atomic E-state index is 9.13. The van der Waals surface area contributed by atoms with E-state index in [-0.39, 0.29) is 0 Å². The smallest absolute Gasteiger partial charge is 0.135 e. The molecule has 1 heterocycles. The van der Waals surface area contributed by atoms with Gasteiger partial charge in [-0.15, -0.1) is 0 Å². The van der Waals surface area contributed by atoms with Gasteiger partial charge in [-0.3, -0.25) is 0 Å². The zero-order chi connectivity index (χ0) is 11.5. The van der Waals surface area contributed by atoms with Crippen molar-refractivity contribution < 1.29 is 4.74 Å². The molecule has 4 heteroatoms. The van der Waals surface area contributed by atoms with Gasteiger partial charge in [0.05, 0.1) is 22.8 Å². The predicted octanol–water partition coefficient (Wildman–Crippen LogP) is 2.93. The van der Waals surface area contributed by atoms with Crippen molar-refractivity contribution in [2.75, 3.05) is 25.1 Å². The molecule has 1 saturated heterocycles. The summed E-state index contributed by atoms with van der Waals surface area (Å²) in [6, 6.07) is 6.00. The van der Waals surface area contributed by atoms with Gasteiger partial charge in [-0.2, -0.15) is 5.26 Å². The average molecular weight is 281 g/mol. The molecule has 0 radical (unpaired) electrons. The zero-order valence-corrected chi connectivity index (χ0v) is 10.7. The summed E-state index contributed by atoms with van der Waals surface area (Å²) in [4.78, 5) is 2.24. The van der Waals surface area contributed by atoms with Gasteiger partial charge in [0.25, 0.3) is 0 Å². The molecule has 1 fully saturated rings. The molecule has 0 spiro atoms. The molecule has 0 saturated carbocycles. The normalized spacial score (nSPS) is 14.9. The first kappa shape index (κ1) is 11.3. The van der Waals surface area contributed by atoms with Crippen LogP contribution in [0.2, 0.25) is 0 Å². The number of nitrogens with zero attached hydrogens (tertiary/aromatic N) is 2. The molecular formula is C12H13BrN2O. The van der Waals surface area contributed by atoms with Crippen LogP contribution in [0.15, 0.2) is 16.6 Å². The largest absolute Gasteiger partial charge is 0.495 e. The summed E-state index contributed by atoms with van der Waals surface area (Å²) < 4.78 is 6.09. The Morgan fingerprint density at radius 1 is 1.38 bits per heavy atom.